The summed E-state index contributed by atoms with van der Waals surface area (Å²) in [6, 6.07) is 5.90. The Hall–Kier alpha value is -1.46. The second-order valence-corrected chi connectivity index (χ2v) is 6.24. The van der Waals surface area contributed by atoms with Crippen molar-refractivity contribution in [3.05, 3.63) is 23.8 Å². The molecular formula is C19H31ClN2O3. The van der Waals surface area contributed by atoms with Crippen LogP contribution in [0.1, 0.15) is 49.9 Å². The Bertz CT molecular complexity index is 539. The number of ether oxygens (including phenoxy) is 2. The van der Waals surface area contributed by atoms with Gasteiger partial charge in [0, 0.05) is 24.7 Å². The van der Waals surface area contributed by atoms with Crippen LogP contribution in [0.3, 0.4) is 0 Å². The van der Waals surface area contributed by atoms with Crippen molar-refractivity contribution in [2.24, 2.45) is 0 Å². The number of nitrogens with one attached hydrogen (secondary N) is 1. The number of carbonyl (C=O) groups is 1. The van der Waals surface area contributed by atoms with Gasteiger partial charge in [0.1, 0.15) is 0 Å². The fourth-order valence-corrected chi connectivity index (χ4v) is 2.88. The van der Waals surface area contributed by atoms with Gasteiger partial charge in [0.15, 0.2) is 11.5 Å². The summed E-state index contributed by atoms with van der Waals surface area (Å²) < 4.78 is 11.5. The molecule has 1 aliphatic rings. The highest BCUT2D eigenvalue weighted by atomic mass is 35.5. The second kappa shape index (κ2) is 11.2. The highest BCUT2D eigenvalue weighted by Gasteiger charge is 2.24. The lowest BCUT2D eigenvalue weighted by molar-refractivity contribution is 0.0697. The van der Waals surface area contributed by atoms with E-state index in [-0.39, 0.29) is 18.3 Å². The van der Waals surface area contributed by atoms with Crippen LogP contribution in [0.4, 0.5) is 0 Å². The SMILES string of the molecule is CCCOc1ccc(C(=O)N2CCCC(NC)C2)cc1OCCC.Cl. The Kier molecular flexibility index (Phi) is 9.68. The van der Waals surface area contributed by atoms with Gasteiger partial charge in [-0.2, -0.15) is 0 Å². The predicted molar refractivity (Wildman–Crippen MR) is 103 cm³/mol. The molecule has 1 aromatic rings. The molecule has 1 saturated heterocycles. The molecule has 0 bridgehead atoms. The number of likely N-dealkylation sites (N-methyl/N-ethyl adjacent to an activating group) is 1. The van der Waals surface area contributed by atoms with Gasteiger partial charge < -0.3 is 19.7 Å². The molecule has 1 unspecified atom stereocenters. The maximum atomic E-state index is 12.8. The highest BCUT2D eigenvalue weighted by Crippen LogP contribution is 2.29. The van der Waals surface area contributed by atoms with Crippen molar-refractivity contribution in [2.75, 3.05) is 33.4 Å². The number of carbonyl (C=O) groups excluding carboxylic acids is 1. The Morgan fingerprint density at radius 3 is 2.52 bits per heavy atom. The summed E-state index contributed by atoms with van der Waals surface area (Å²) >= 11 is 0. The first-order chi connectivity index (χ1) is 11.7. The van der Waals surface area contributed by atoms with Crippen LogP contribution in [-0.2, 0) is 0 Å². The van der Waals surface area contributed by atoms with Crippen LogP contribution in [0, 0.1) is 0 Å². The lowest BCUT2D eigenvalue weighted by Gasteiger charge is -2.32. The number of hydrogen-bond donors (Lipinski definition) is 1. The van der Waals surface area contributed by atoms with Crippen LogP contribution in [-0.4, -0.2) is 50.2 Å². The van der Waals surface area contributed by atoms with Gasteiger partial charge >= 0.3 is 0 Å². The minimum atomic E-state index is 0. The molecule has 1 aliphatic heterocycles. The number of halogens is 1. The van der Waals surface area contributed by atoms with E-state index in [0.29, 0.717) is 36.3 Å². The molecular weight excluding hydrogens is 340 g/mol. The van der Waals surface area contributed by atoms with E-state index in [4.69, 9.17) is 9.47 Å². The second-order valence-electron chi connectivity index (χ2n) is 6.24. The zero-order valence-corrected chi connectivity index (χ0v) is 16.4. The molecule has 142 valence electrons. The first-order valence-electron chi connectivity index (χ1n) is 9.05. The van der Waals surface area contributed by atoms with E-state index in [1.165, 1.54) is 0 Å². The Morgan fingerprint density at radius 2 is 1.88 bits per heavy atom. The summed E-state index contributed by atoms with van der Waals surface area (Å²) in [5.41, 5.74) is 0.668. The molecule has 0 aromatic heterocycles. The third-order valence-electron chi connectivity index (χ3n) is 4.23. The monoisotopic (exact) mass is 370 g/mol. The highest BCUT2D eigenvalue weighted by molar-refractivity contribution is 5.95. The smallest absolute Gasteiger partial charge is 0.254 e. The first-order valence-corrected chi connectivity index (χ1v) is 9.05. The number of amides is 1. The van der Waals surface area contributed by atoms with E-state index in [0.717, 1.165) is 38.8 Å². The van der Waals surface area contributed by atoms with Crippen molar-refractivity contribution in [1.82, 2.24) is 10.2 Å². The van der Waals surface area contributed by atoms with Gasteiger partial charge in [-0.15, -0.1) is 12.4 Å². The normalized spacial score (nSPS) is 16.9. The summed E-state index contributed by atoms with van der Waals surface area (Å²) in [7, 11) is 1.95. The summed E-state index contributed by atoms with van der Waals surface area (Å²) in [5, 5.41) is 3.27. The maximum absolute atomic E-state index is 12.8. The van der Waals surface area contributed by atoms with Gasteiger partial charge in [0.2, 0.25) is 0 Å². The molecule has 5 nitrogen and oxygen atoms in total. The van der Waals surface area contributed by atoms with E-state index in [9.17, 15) is 4.79 Å². The molecule has 1 heterocycles. The minimum absolute atomic E-state index is 0. The van der Waals surface area contributed by atoms with Gasteiger partial charge in [-0.05, 0) is 50.9 Å². The zero-order chi connectivity index (χ0) is 17.4. The molecule has 1 atom stereocenters. The van der Waals surface area contributed by atoms with Gasteiger partial charge in [-0.25, -0.2) is 0 Å². The standard InChI is InChI=1S/C19H30N2O3.ClH/c1-4-11-23-17-9-8-15(13-18(17)24-12-5-2)19(22)21-10-6-7-16(14-21)20-3;/h8-9,13,16,20H,4-7,10-12,14H2,1-3H3;1H. The summed E-state index contributed by atoms with van der Waals surface area (Å²) in [6.45, 7) is 6.97. The van der Waals surface area contributed by atoms with Crippen molar-refractivity contribution < 1.29 is 14.3 Å². The lowest BCUT2D eigenvalue weighted by atomic mass is 10.0. The molecule has 1 N–H and O–H groups in total. The number of benzene rings is 1. The van der Waals surface area contributed by atoms with Crippen LogP contribution in [0.25, 0.3) is 0 Å². The molecule has 1 aromatic carbocycles. The molecule has 25 heavy (non-hydrogen) atoms. The molecule has 0 spiro atoms. The third kappa shape index (κ3) is 6.08. The van der Waals surface area contributed by atoms with Crippen molar-refractivity contribution in [3.8, 4) is 11.5 Å². The Morgan fingerprint density at radius 1 is 1.20 bits per heavy atom. The minimum Gasteiger partial charge on any atom is -0.490 e. The number of hydrogen-bond acceptors (Lipinski definition) is 4. The molecule has 0 saturated carbocycles. The quantitative estimate of drug-likeness (QED) is 0.760. The van der Waals surface area contributed by atoms with Gasteiger partial charge in [0.05, 0.1) is 13.2 Å². The molecule has 0 aliphatic carbocycles. The average molecular weight is 371 g/mol. The van der Waals surface area contributed by atoms with Crippen LogP contribution >= 0.6 is 12.4 Å². The largest absolute Gasteiger partial charge is 0.490 e. The fraction of sp³-hybridized carbons (Fsp3) is 0.632. The fourth-order valence-electron chi connectivity index (χ4n) is 2.88. The molecule has 1 amide bonds. The Balaban J connectivity index is 0.00000312. The van der Waals surface area contributed by atoms with Gasteiger partial charge in [-0.1, -0.05) is 13.8 Å². The number of rotatable bonds is 8. The predicted octanol–water partition coefficient (Wildman–Crippen LogP) is 3.51. The molecule has 1 fully saturated rings. The molecule has 6 heteroatoms. The first kappa shape index (κ1) is 21.6. The topological polar surface area (TPSA) is 50.8 Å². The van der Waals surface area contributed by atoms with Gasteiger partial charge in [0.25, 0.3) is 5.91 Å². The maximum Gasteiger partial charge on any atom is 0.254 e. The van der Waals surface area contributed by atoms with Gasteiger partial charge in [-0.3, -0.25) is 4.79 Å². The average Bonchev–Trinajstić information content (AvgIpc) is 2.64. The summed E-state index contributed by atoms with van der Waals surface area (Å²) in [4.78, 5) is 14.7. The van der Waals surface area contributed by atoms with Crippen LogP contribution in [0.2, 0.25) is 0 Å². The van der Waals surface area contributed by atoms with E-state index < -0.39 is 0 Å². The van der Waals surface area contributed by atoms with Crippen LogP contribution in [0.15, 0.2) is 18.2 Å². The van der Waals surface area contributed by atoms with E-state index >= 15 is 0 Å². The van der Waals surface area contributed by atoms with Crippen molar-refractivity contribution in [3.63, 3.8) is 0 Å². The van der Waals surface area contributed by atoms with E-state index in [1.54, 1.807) is 0 Å². The molecule has 0 radical (unpaired) electrons. The summed E-state index contributed by atoms with van der Waals surface area (Å²) in [6.07, 6.45) is 4.01. The number of likely N-dealkylation sites (tertiary alicyclic amines) is 1. The zero-order valence-electron chi connectivity index (χ0n) is 15.5. The number of piperidine rings is 1. The summed E-state index contributed by atoms with van der Waals surface area (Å²) in [5.74, 6) is 1.45. The van der Waals surface area contributed by atoms with Crippen molar-refractivity contribution in [1.29, 1.82) is 0 Å². The van der Waals surface area contributed by atoms with Crippen molar-refractivity contribution >= 4 is 18.3 Å². The number of nitrogens with zero attached hydrogens (tertiary/aromatic N) is 1. The lowest BCUT2D eigenvalue weighted by Crippen LogP contribution is -2.46. The van der Waals surface area contributed by atoms with Crippen molar-refractivity contribution in [2.45, 2.75) is 45.6 Å². The molecule has 2 rings (SSSR count). The van der Waals surface area contributed by atoms with Crippen LogP contribution in [0.5, 0.6) is 11.5 Å². The van der Waals surface area contributed by atoms with E-state index in [1.807, 2.05) is 30.1 Å². The van der Waals surface area contributed by atoms with Crippen LogP contribution < -0.4 is 14.8 Å². The van der Waals surface area contributed by atoms with E-state index in [2.05, 4.69) is 19.2 Å². The Labute approximate surface area is 157 Å². The third-order valence-corrected chi connectivity index (χ3v) is 4.23.